The molecule has 4 heteroatoms. The second kappa shape index (κ2) is 5.80. The van der Waals surface area contributed by atoms with Crippen molar-refractivity contribution in [3.05, 3.63) is 53.6 Å². The van der Waals surface area contributed by atoms with Crippen LogP contribution in [0.4, 0.5) is 0 Å². The molecule has 3 N–H and O–H groups in total. The van der Waals surface area contributed by atoms with Gasteiger partial charge in [0.05, 0.1) is 0 Å². The number of hydrogen-bond donors (Lipinski definition) is 2. The van der Waals surface area contributed by atoms with Crippen LogP contribution in [0.3, 0.4) is 0 Å². The van der Waals surface area contributed by atoms with Gasteiger partial charge in [-0.05, 0) is 24.5 Å². The summed E-state index contributed by atoms with van der Waals surface area (Å²) in [6, 6.07) is 8.50. The van der Waals surface area contributed by atoms with E-state index in [1.165, 1.54) is 11.1 Å². The van der Waals surface area contributed by atoms with Gasteiger partial charge in [0.2, 0.25) is 0 Å². The molecule has 1 unspecified atom stereocenters. The van der Waals surface area contributed by atoms with Gasteiger partial charge in [-0.2, -0.15) is 0 Å². The molecule has 0 aliphatic heterocycles. The number of benzene rings is 1. The van der Waals surface area contributed by atoms with Crippen LogP contribution in [0.2, 0.25) is 0 Å². The first kappa shape index (κ1) is 12.8. The summed E-state index contributed by atoms with van der Waals surface area (Å²) >= 11 is 0. The molecule has 4 nitrogen and oxygen atoms in total. The van der Waals surface area contributed by atoms with Crippen molar-refractivity contribution >= 4 is 0 Å². The highest BCUT2D eigenvalue weighted by Gasteiger charge is 2.12. The van der Waals surface area contributed by atoms with Gasteiger partial charge in [-0.3, -0.25) is 11.3 Å². The molecule has 1 aromatic carbocycles. The average molecular weight is 244 g/mol. The van der Waals surface area contributed by atoms with Crippen LogP contribution in [-0.2, 0) is 13.5 Å². The van der Waals surface area contributed by atoms with Crippen LogP contribution in [0.5, 0.6) is 0 Å². The highest BCUT2D eigenvalue weighted by molar-refractivity contribution is 5.28. The Morgan fingerprint density at radius 2 is 2.17 bits per heavy atom. The van der Waals surface area contributed by atoms with Gasteiger partial charge in [0.1, 0.15) is 5.82 Å². The maximum atomic E-state index is 5.67. The van der Waals surface area contributed by atoms with Crippen molar-refractivity contribution in [3.63, 3.8) is 0 Å². The van der Waals surface area contributed by atoms with Gasteiger partial charge in [-0.25, -0.2) is 4.98 Å². The number of nitrogens with one attached hydrogen (secondary N) is 1. The highest BCUT2D eigenvalue weighted by atomic mass is 15.2. The molecule has 1 atom stereocenters. The fourth-order valence-corrected chi connectivity index (χ4v) is 2.22. The van der Waals surface area contributed by atoms with Gasteiger partial charge in [-0.15, -0.1) is 0 Å². The van der Waals surface area contributed by atoms with Crippen molar-refractivity contribution in [2.75, 3.05) is 0 Å². The zero-order valence-corrected chi connectivity index (χ0v) is 10.9. The first-order chi connectivity index (χ1) is 8.72. The summed E-state index contributed by atoms with van der Waals surface area (Å²) in [4.78, 5) is 4.33. The van der Waals surface area contributed by atoms with Gasteiger partial charge < -0.3 is 4.57 Å². The van der Waals surface area contributed by atoms with Crippen molar-refractivity contribution in [3.8, 4) is 0 Å². The van der Waals surface area contributed by atoms with Gasteiger partial charge in [0, 0.05) is 31.9 Å². The van der Waals surface area contributed by atoms with Crippen molar-refractivity contribution in [2.24, 2.45) is 12.9 Å². The molecule has 0 spiro atoms. The summed E-state index contributed by atoms with van der Waals surface area (Å²) in [5.41, 5.74) is 5.43. The Hall–Kier alpha value is -1.65. The molecule has 0 radical (unpaired) electrons. The SMILES string of the molecule is Cc1ccccc1C(CCc1nccn1C)NN. The molecule has 1 heterocycles. The summed E-state index contributed by atoms with van der Waals surface area (Å²) in [5.74, 6) is 6.76. The third-order valence-electron chi connectivity index (χ3n) is 3.34. The summed E-state index contributed by atoms with van der Waals surface area (Å²) in [5, 5.41) is 0. The number of hydrazine groups is 1. The molecule has 2 rings (SSSR count). The molecule has 18 heavy (non-hydrogen) atoms. The standard InChI is InChI=1S/C14H20N4/c1-11-5-3-4-6-12(11)13(17-15)7-8-14-16-9-10-18(14)2/h3-6,9-10,13,17H,7-8,15H2,1-2H3. The Kier molecular flexibility index (Phi) is 4.12. The van der Waals surface area contributed by atoms with Gasteiger partial charge >= 0.3 is 0 Å². The number of nitrogens with two attached hydrogens (primary N) is 1. The van der Waals surface area contributed by atoms with Crippen LogP contribution in [0, 0.1) is 6.92 Å². The number of nitrogens with zero attached hydrogens (tertiary/aromatic N) is 2. The van der Waals surface area contributed by atoms with Crippen LogP contribution >= 0.6 is 0 Å². The minimum absolute atomic E-state index is 0.169. The fraction of sp³-hybridized carbons (Fsp3) is 0.357. The Morgan fingerprint density at radius 3 is 2.78 bits per heavy atom. The lowest BCUT2D eigenvalue weighted by atomic mass is 9.98. The lowest BCUT2D eigenvalue weighted by molar-refractivity contribution is 0.504. The first-order valence-corrected chi connectivity index (χ1v) is 6.20. The van der Waals surface area contributed by atoms with E-state index >= 15 is 0 Å². The maximum Gasteiger partial charge on any atom is 0.108 e. The van der Waals surface area contributed by atoms with Gasteiger partial charge in [0.15, 0.2) is 0 Å². The van der Waals surface area contributed by atoms with Crippen LogP contribution in [0.15, 0.2) is 36.7 Å². The van der Waals surface area contributed by atoms with E-state index in [0.29, 0.717) is 0 Å². The molecule has 0 amide bonds. The minimum atomic E-state index is 0.169. The Balaban J connectivity index is 2.07. The molecule has 1 aromatic heterocycles. The molecule has 0 saturated heterocycles. The summed E-state index contributed by atoms with van der Waals surface area (Å²) in [6.45, 7) is 2.11. The van der Waals surface area contributed by atoms with E-state index in [9.17, 15) is 0 Å². The molecule has 2 aromatic rings. The Morgan fingerprint density at radius 1 is 1.39 bits per heavy atom. The van der Waals surface area contributed by atoms with E-state index in [4.69, 9.17) is 5.84 Å². The molecule has 0 bridgehead atoms. The van der Waals surface area contributed by atoms with Crippen molar-refractivity contribution in [2.45, 2.75) is 25.8 Å². The van der Waals surface area contributed by atoms with Crippen molar-refractivity contribution < 1.29 is 0 Å². The molecule has 0 saturated carbocycles. The Labute approximate surface area is 108 Å². The third kappa shape index (κ3) is 2.78. The van der Waals surface area contributed by atoms with Crippen LogP contribution in [-0.4, -0.2) is 9.55 Å². The highest BCUT2D eigenvalue weighted by Crippen LogP contribution is 2.21. The molecule has 0 aliphatic carbocycles. The number of aromatic nitrogens is 2. The molecular formula is C14H20N4. The predicted molar refractivity (Wildman–Crippen MR) is 72.8 cm³/mol. The Bertz CT molecular complexity index is 504. The summed E-state index contributed by atoms with van der Waals surface area (Å²) in [6.07, 6.45) is 5.64. The third-order valence-corrected chi connectivity index (χ3v) is 3.34. The largest absolute Gasteiger partial charge is 0.338 e. The zero-order valence-electron chi connectivity index (χ0n) is 10.9. The smallest absolute Gasteiger partial charge is 0.108 e. The molecule has 0 fully saturated rings. The number of rotatable bonds is 5. The van der Waals surface area contributed by atoms with Gasteiger partial charge in [-0.1, -0.05) is 24.3 Å². The molecule has 0 aliphatic rings. The topological polar surface area (TPSA) is 55.9 Å². The normalized spacial score (nSPS) is 12.6. The molecule has 96 valence electrons. The predicted octanol–water partition coefficient (Wildman–Crippen LogP) is 1.87. The zero-order chi connectivity index (χ0) is 13.0. The second-order valence-electron chi connectivity index (χ2n) is 4.57. The van der Waals surface area contributed by atoms with E-state index < -0.39 is 0 Å². The van der Waals surface area contributed by atoms with Crippen LogP contribution in [0.25, 0.3) is 0 Å². The minimum Gasteiger partial charge on any atom is -0.338 e. The van der Waals surface area contributed by atoms with Crippen molar-refractivity contribution in [1.82, 2.24) is 15.0 Å². The monoisotopic (exact) mass is 244 g/mol. The van der Waals surface area contributed by atoms with Crippen LogP contribution in [0.1, 0.15) is 29.4 Å². The van der Waals surface area contributed by atoms with Gasteiger partial charge in [0.25, 0.3) is 0 Å². The second-order valence-corrected chi connectivity index (χ2v) is 4.57. The van der Waals surface area contributed by atoms with E-state index in [-0.39, 0.29) is 6.04 Å². The quantitative estimate of drug-likeness (QED) is 0.623. The van der Waals surface area contributed by atoms with E-state index in [1.807, 2.05) is 36.1 Å². The summed E-state index contributed by atoms with van der Waals surface area (Å²) in [7, 11) is 2.01. The number of hydrogen-bond acceptors (Lipinski definition) is 3. The van der Waals surface area contributed by atoms with E-state index in [1.54, 1.807) is 0 Å². The lowest BCUT2D eigenvalue weighted by Crippen LogP contribution is -2.29. The first-order valence-electron chi connectivity index (χ1n) is 6.20. The van der Waals surface area contributed by atoms with E-state index in [0.717, 1.165) is 18.7 Å². The van der Waals surface area contributed by atoms with E-state index in [2.05, 4.69) is 29.5 Å². The average Bonchev–Trinajstić information content (AvgIpc) is 2.78. The number of imidazole rings is 1. The maximum absolute atomic E-state index is 5.67. The fourth-order valence-electron chi connectivity index (χ4n) is 2.22. The summed E-state index contributed by atoms with van der Waals surface area (Å²) < 4.78 is 2.05. The van der Waals surface area contributed by atoms with Crippen LogP contribution < -0.4 is 11.3 Å². The number of aryl methyl sites for hydroxylation is 3. The lowest BCUT2D eigenvalue weighted by Gasteiger charge is -2.18. The van der Waals surface area contributed by atoms with Crippen molar-refractivity contribution in [1.29, 1.82) is 0 Å². The molecular weight excluding hydrogens is 224 g/mol.